The van der Waals surface area contributed by atoms with Crippen molar-refractivity contribution in [3.63, 3.8) is 0 Å². The van der Waals surface area contributed by atoms with Gasteiger partial charge in [0.25, 0.3) is 5.91 Å². The lowest BCUT2D eigenvalue weighted by atomic mass is 9.74. The summed E-state index contributed by atoms with van der Waals surface area (Å²) in [6.07, 6.45) is -0.689. The lowest BCUT2D eigenvalue weighted by Crippen LogP contribution is -2.64. The first-order valence-corrected chi connectivity index (χ1v) is 9.14. The van der Waals surface area contributed by atoms with Crippen molar-refractivity contribution in [1.82, 2.24) is 9.88 Å². The van der Waals surface area contributed by atoms with Crippen LogP contribution in [0.4, 0.5) is 0 Å². The van der Waals surface area contributed by atoms with Crippen LogP contribution < -0.4 is 14.8 Å². The highest BCUT2D eigenvalue weighted by Gasteiger charge is 2.51. The summed E-state index contributed by atoms with van der Waals surface area (Å²) in [4.78, 5) is 24.4. The standard InChI is InChI=1S/C20H22N2O6/c1-11-7-15(18(24)21-20(19(25)26)9-14(23)10-20)12(2)22(11)13-3-4-16-17(8-13)28-6-5-27-16/h3-4,7-8,14,23H,5-6,9-10H2,1-2H3,(H,21,24)(H,25,26). The van der Waals surface area contributed by atoms with Crippen molar-refractivity contribution in [1.29, 1.82) is 0 Å². The number of aryl methyl sites for hydroxylation is 1. The van der Waals surface area contributed by atoms with Crippen molar-refractivity contribution >= 4 is 11.9 Å². The van der Waals surface area contributed by atoms with Crippen molar-refractivity contribution in [2.75, 3.05) is 13.2 Å². The number of hydrogen-bond donors (Lipinski definition) is 3. The number of rotatable bonds is 4. The van der Waals surface area contributed by atoms with E-state index in [2.05, 4.69) is 5.32 Å². The van der Waals surface area contributed by atoms with E-state index in [0.717, 1.165) is 11.4 Å². The van der Waals surface area contributed by atoms with Gasteiger partial charge in [-0.05, 0) is 32.0 Å². The highest BCUT2D eigenvalue weighted by Crippen LogP contribution is 2.35. The van der Waals surface area contributed by atoms with Gasteiger partial charge < -0.3 is 29.6 Å². The van der Waals surface area contributed by atoms with Crippen molar-refractivity contribution in [2.24, 2.45) is 0 Å². The highest BCUT2D eigenvalue weighted by molar-refractivity contribution is 5.99. The molecule has 3 N–H and O–H groups in total. The van der Waals surface area contributed by atoms with Gasteiger partial charge in [-0.2, -0.15) is 0 Å². The number of carboxylic acids is 1. The molecule has 148 valence electrons. The Morgan fingerprint density at radius 1 is 1.14 bits per heavy atom. The Labute approximate surface area is 161 Å². The van der Waals surface area contributed by atoms with Gasteiger partial charge in [-0.25, -0.2) is 4.79 Å². The maximum absolute atomic E-state index is 12.8. The lowest BCUT2D eigenvalue weighted by Gasteiger charge is -2.42. The zero-order valence-electron chi connectivity index (χ0n) is 15.7. The molecule has 2 aliphatic rings. The molecule has 4 rings (SSSR count). The van der Waals surface area contributed by atoms with Crippen molar-refractivity contribution in [2.45, 2.75) is 38.3 Å². The van der Waals surface area contributed by atoms with Crippen LogP contribution in [-0.2, 0) is 4.79 Å². The number of aliphatic hydroxyl groups excluding tert-OH is 1. The van der Waals surface area contributed by atoms with Crippen LogP contribution in [0.15, 0.2) is 24.3 Å². The Kier molecular flexibility index (Phi) is 4.30. The molecular weight excluding hydrogens is 364 g/mol. The fourth-order valence-electron chi connectivity index (χ4n) is 3.92. The summed E-state index contributed by atoms with van der Waals surface area (Å²) in [5, 5.41) is 21.6. The van der Waals surface area contributed by atoms with Crippen molar-refractivity contribution < 1.29 is 29.3 Å². The van der Waals surface area contributed by atoms with E-state index in [9.17, 15) is 19.8 Å². The van der Waals surface area contributed by atoms with Crippen LogP contribution in [-0.4, -0.2) is 51.5 Å². The number of carbonyl (C=O) groups is 2. The first-order valence-electron chi connectivity index (χ1n) is 9.14. The van der Waals surface area contributed by atoms with E-state index in [1.807, 2.05) is 36.6 Å². The second-order valence-electron chi connectivity index (χ2n) is 7.35. The number of aromatic nitrogens is 1. The van der Waals surface area contributed by atoms with Crippen molar-refractivity contribution in [3.05, 3.63) is 41.2 Å². The molecule has 28 heavy (non-hydrogen) atoms. The van der Waals surface area contributed by atoms with Gasteiger partial charge in [0.05, 0.1) is 11.7 Å². The van der Waals surface area contributed by atoms with Crippen LogP contribution in [0.1, 0.15) is 34.6 Å². The van der Waals surface area contributed by atoms with Gasteiger partial charge in [-0.15, -0.1) is 0 Å². The molecule has 0 unspecified atom stereocenters. The smallest absolute Gasteiger partial charge is 0.329 e. The Balaban J connectivity index is 1.64. The van der Waals surface area contributed by atoms with Crippen LogP contribution >= 0.6 is 0 Å². The molecule has 1 amide bonds. The van der Waals surface area contributed by atoms with Gasteiger partial charge >= 0.3 is 5.97 Å². The molecule has 1 aliphatic heterocycles. The molecule has 0 atom stereocenters. The lowest BCUT2D eigenvalue weighted by molar-refractivity contribution is -0.153. The van der Waals surface area contributed by atoms with Gasteiger partial charge in [0.2, 0.25) is 0 Å². The highest BCUT2D eigenvalue weighted by atomic mass is 16.6. The molecule has 1 fully saturated rings. The third-order valence-electron chi connectivity index (χ3n) is 5.39. The maximum atomic E-state index is 12.8. The fraction of sp³-hybridized carbons (Fsp3) is 0.400. The van der Waals surface area contributed by atoms with Crippen LogP contribution in [0.25, 0.3) is 5.69 Å². The number of carbonyl (C=O) groups excluding carboxylic acids is 1. The molecule has 0 spiro atoms. The molecular formula is C20H22N2O6. The first-order chi connectivity index (χ1) is 13.3. The molecule has 0 radical (unpaired) electrons. The number of aliphatic carboxylic acids is 1. The van der Waals surface area contributed by atoms with Crippen LogP contribution in [0.5, 0.6) is 11.5 Å². The van der Waals surface area contributed by atoms with Gasteiger partial charge in [0.15, 0.2) is 11.5 Å². The average Bonchev–Trinajstić information content (AvgIpc) is 2.94. The largest absolute Gasteiger partial charge is 0.486 e. The third kappa shape index (κ3) is 2.90. The molecule has 8 nitrogen and oxygen atoms in total. The number of benzene rings is 1. The molecule has 8 heteroatoms. The topological polar surface area (TPSA) is 110 Å². The van der Waals surface area contributed by atoms with E-state index in [1.165, 1.54) is 0 Å². The minimum atomic E-state index is -1.41. The van der Waals surface area contributed by atoms with E-state index >= 15 is 0 Å². The van der Waals surface area contributed by atoms with E-state index < -0.39 is 23.5 Å². The molecule has 1 aromatic carbocycles. The predicted octanol–water partition coefficient (Wildman–Crippen LogP) is 1.57. The first kappa shape index (κ1) is 18.4. The summed E-state index contributed by atoms with van der Waals surface area (Å²) in [5.74, 6) is -0.268. The van der Waals surface area contributed by atoms with E-state index in [-0.39, 0.29) is 12.8 Å². The number of ether oxygens (including phenoxy) is 2. The zero-order chi connectivity index (χ0) is 20.1. The number of hydrogen-bond acceptors (Lipinski definition) is 5. The minimum absolute atomic E-state index is 0.00890. The molecule has 1 aliphatic carbocycles. The number of nitrogens with zero attached hydrogens (tertiary/aromatic N) is 1. The van der Waals surface area contributed by atoms with Crippen LogP contribution in [0, 0.1) is 13.8 Å². The Morgan fingerprint density at radius 3 is 2.46 bits per heavy atom. The second-order valence-corrected chi connectivity index (χ2v) is 7.35. The number of fused-ring (bicyclic) bond motifs is 1. The molecule has 2 heterocycles. The number of carboxylic acid groups (broad SMARTS) is 1. The Morgan fingerprint density at radius 2 is 1.82 bits per heavy atom. The quantitative estimate of drug-likeness (QED) is 0.736. The maximum Gasteiger partial charge on any atom is 0.329 e. The molecule has 1 aromatic heterocycles. The predicted molar refractivity (Wildman–Crippen MR) is 99.3 cm³/mol. The average molecular weight is 386 g/mol. The molecule has 0 saturated heterocycles. The molecule has 1 saturated carbocycles. The second kappa shape index (κ2) is 6.56. The monoisotopic (exact) mass is 386 g/mol. The van der Waals surface area contributed by atoms with Gasteiger partial charge in [-0.1, -0.05) is 0 Å². The summed E-state index contributed by atoms with van der Waals surface area (Å²) in [6.45, 7) is 4.68. The summed E-state index contributed by atoms with van der Waals surface area (Å²) in [7, 11) is 0. The molecule has 2 aromatic rings. The number of nitrogens with one attached hydrogen (secondary N) is 1. The van der Waals surface area contributed by atoms with Crippen molar-refractivity contribution in [3.8, 4) is 17.2 Å². The van der Waals surface area contributed by atoms with E-state index in [1.54, 1.807) is 6.07 Å². The van der Waals surface area contributed by atoms with Crippen LogP contribution in [0.3, 0.4) is 0 Å². The summed E-state index contributed by atoms with van der Waals surface area (Å²) < 4.78 is 13.1. The van der Waals surface area contributed by atoms with E-state index in [0.29, 0.717) is 36.0 Å². The SMILES string of the molecule is Cc1cc(C(=O)NC2(C(=O)O)CC(O)C2)c(C)n1-c1ccc2c(c1)OCCO2. The van der Waals surface area contributed by atoms with Gasteiger partial charge in [0.1, 0.15) is 18.8 Å². The van der Waals surface area contributed by atoms with Gasteiger partial charge in [0, 0.05) is 36.0 Å². The summed E-state index contributed by atoms with van der Waals surface area (Å²) in [5.41, 5.74) is 1.33. The van der Waals surface area contributed by atoms with Crippen LogP contribution in [0.2, 0.25) is 0 Å². The third-order valence-corrected chi connectivity index (χ3v) is 5.39. The zero-order valence-corrected chi connectivity index (χ0v) is 15.7. The summed E-state index contributed by atoms with van der Waals surface area (Å²) >= 11 is 0. The number of amides is 1. The number of aliphatic hydroxyl groups is 1. The summed E-state index contributed by atoms with van der Waals surface area (Å²) in [6, 6.07) is 7.30. The Bertz CT molecular complexity index is 958. The minimum Gasteiger partial charge on any atom is -0.486 e. The normalized spacial score (nSPS) is 23.0. The van der Waals surface area contributed by atoms with E-state index in [4.69, 9.17) is 9.47 Å². The Hall–Kier alpha value is -3.00. The molecule has 0 bridgehead atoms. The van der Waals surface area contributed by atoms with Gasteiger partial charge in [-0.3, -0.25) is 4.79 Å². The fourth-order valence-corrected chi connectivity index (χ4v) is 3.92.